The normalized spacial score (nSPS) is 14.3. The van der Waals surface area contributed by atoms with Gasteiger partial charge in [0.2, 0.25) is 0 Å². The number of para-hydroxylation sites is 1. The van der Waals surface area contributed by atoms with Gasteiger partial charge in [-0.15, -0.1) is 0 Å². The van der Waals surface area contributed by atoms with Crippen LogP contribution in [0.15, 0.2) is 34.9 Å². The van der Waals surface area contributed by atoms with Gasteiger partial charge in [0, 0.05) is 12.6 Å². The van der Waals surface area contributed by atoms with Gasteiger partial charge in [-0.1, -0.05) is 18.2 Å². The molecule has 5 heteroatoms. The zero-order chi connectivity index (χ0) is 13.3. The van der Waals surface area contributed by atoms with E-state index in [0.29, 0.717) is 17.0 Å². The number of benzene rings is 1. The van der Waals surface area contributed by atoms with Crippen molar-refractivity contribution in [2.45, 2.75) is 12.5 Å². The maximum Gasteiger partial charge on any atom is 0.133 e. The number of rotatable bonds is 3. The molecule has 0 saturated heterocycles. The minimum Gasteiger partial charge on any atom is -0.496 e. The smallest absolute Gasteiger partial charge is 0.133 e. The van der Waals surface area contributed by atoms with Crippen LogP contribution in [0.5, 0.6) is 5.75 Å². The van der Waals surface area contributed by atoms with Crippen molar-refractivity contribution >= 4 is 15.9 Å². The first-order valence-electron chi connectivity index (χ1n) is 5.52. The summed E-state index contributed by atoms with van der Waals surface area (Å²) in [4.78, 5) is 0. The third-order valence-electron chi connectivity index (χ3n) is 2.99. The van der Waals surface area contributed by atoms with Crippen LogP contribution >= 0.6 is 15.9 Å². The molecule has 0 fully saturated rings. The molecule has 0 spiro atoms. The highest BCUT2D eigenvalue weighted by atomic mass is 79.9. The number of halogens is 1. The molecule has 96 valence electrons. The molecule has 4 nitrogen and oxygen atoms in total. The summed E-state index contributed by atoms with van der Waals surface area (Å²) in [5, 5.41) is 15.0. The van der Waals surface area contributed by atoms with E-state index in [1.54, 1.807) is 32.0 Å². The van der Waals surface area contributed by atoms with Crippen LogP contribution in [0.25, 0.3) is 0 Å². The molecule has 1 aromatic carbocycles. The highest BCUT2D eigenvalue weighted by molar-refractivity contribution is 9.10. The molecule has 0 aliphatic heterocycles. The van der Waals surface area contributed by atoms with Gasteiger partial charge in [0.15, 0.2) is 0 Å². The van der Waals surface area contributed by atoms with E-state index in [-0.39, 0.29) is 0 Å². The summed E-state index contributed by atoms with van der Waals surface area (Å²) in [6.45, 7) is 1.73. The molecule has 18 heavy (non-hydrogen) atoms. The Hall–Kier alpha value is -1.33. The number of nitrogens with zero attached hydrogens (tertiary/aromatic N) is 2. The van der Waals surface area contributed by atoms with Crippen molar-refractivity contribution < 1.29 is 9.84 Å². The molecule has 2 aromatic rings. The standard InChI is InChI=1S/C13H15BrN2O2/c1-13(17,12-10(14)8-15-16(12)2)9-6-4-5-7-11(9)18-3/h4-8,17H,1-3H3. The van der Waals surface area contributed by atoms with E-state index in [1.807, 2.05) is 24.3 Å². The van der Waals surface area contributed by atoms with Crippen LogP contribution in [0, 0.1) is 0 Å². The fourth-order valence-corrected chi connectivity index (χ4v) is 2.87. The molecule has 1 atom stereocenters. The first-order chi connectivity index (χ1) is 8.48. The van der Waals surface area contributed by atoms with Gasteiger partial charge < -0.3 is 9.84 Å². The van der Waals surface area contributed by atoms with E-state index in [1.165, 1.54) is 0 Å². The van der Waals surface area contributed by atoms with Crippen molar-refractivity contribution in [3.63, 3.8) is 0 Å². The monoisotopic (exact) mass is 310 g/mol. The number of aliphatic hydroxyl groups is 1. The summed E-state index contributed by atoms with van der Waals surface area (Å²) in [6, 6.07) is 7.42. The van der Waals surface area contributed by atoms with Gasteiger partial charge in [0.1, 0.15) is 11.4 Å². The second kappa shape index (κ2) is 4.74. The maximum absolute atomic E-state index is 10.8. The molecule has 0 bridgehead atoms. The fourth-order valence-electron chi connectivity index (χ4n) is 2.13. The van der Waals surface area contributed by atoms with Gasteiger partial charge in [-0.3, -0.25) is 4.68 Å². The Morgan fingerprint density at radius 3 is 2.61 bits per heavy atom. The predicted octanol–water partition coefficient (Wildman–Crippen LogP) is 2.45. The van der Waals surface area contributed by atoms with Crippen LogP contribution in [0.2, 0.25) is 0 Å². The summed E-state index contributed by atoms with van der Waals surface area (Å²) in [6.07, 6.45) is 1.67. The Bertz CT molecular complexity index is 544. The Balaban J connectivity index is 2.61. The molecule has 1 unspecified atom stereocenters. The Morgan fingerprint density at radius 1 is 1.39 bits per heavy atom. The molecule has 2 rings (SSSR count). The SMILES string of the molecule is COc1ccccc1C(C)(O)c1c(Br)cnn1C. The molecule has 0 radical (unpaired) electrons. The Kier molecular flexibility index (Phi) is 3.45. The molecule has 1 heterocycles. The number of methoxy groups -OCH3 is 1. The minimum atomic E-state index is -1.18. The zero-order valence-corrected chi connectivity index (χ0v) is 12.1. The van der Waals surface area contributed by atoms with Crippen molar-refractivity contribution in [2.75, 3.05) is 7.11 Å². The van der Waals surface area contributed by atoms with E-state index in [9.17, 15) is 5.11 Å². The molecule has 1 aromatic heterocycles. The Labute approximate surface area is 114 Å². The average molecular weight is 311 g/mol. The summed E-state index contributed by atoms with van der Waals surface area (Å²) in [7, 11) is 3.39. The molecular formula is C13H15BrN2O2. The van der Waals surface area contributed by atoms with Gasteiger partial charge in [-0.25, -0.2) is 0 Å². The summed E-state index contributed by atoms with van der Waals surface area (Å²) >= 11 is 3.41. The van der Waals surface area contributed by atoms with Crippen molar-refractivity contribution in [3.8, 4) is 5.75 Å². The first-order valence-corrected chi connectivity index (χ1v) is 6.31. The lowest BCUT2D eigenvalue weighted by atomic mass is 9.91. The van der Waals surface area contributed by atoms with Crippen molar-refractivity contribution in [1.82, 2.24) is 9.78 Å². The highest BCUT2D eigenvalue weighted by Gasteiger charge is 2.33. The molecule has 0 amide bonds. The van der Waals surface area contributed by atoms with Crippen LogP contribution in [0.4, 0.5) is 0 Å². The molecule has 0 aliphatic carbocycles. The number of hydrogen-bond acceptors (Lipinski definition) is 3. The lowest BCUT2D eigenvalue weighted by molar-refractivity contribution is 0.0890. The Morgan fingerprint density at radius 2 is 2.06 bits per heavy atom. The number of hydrogen-bond donors (Lipinski definition) is 1. The van der Waals surface area contributed by atoms with E-state index < -0.39 is 5.60 Å². The van der Waals surface area contributed by atoms with Gasteiger partial charge in [-0.2, -0.15) is 5.10 Å². The number of aromatic nitrogens is 2. The third kappa shape index (κ3) is 2.04. The van der Waals surface area contributed by atoms with Crippen molar-refractivity contribution in [1.29, 1.82) is 0 Å². The highest BCUT2D eigenvalue weighted by Crippen LogP contribution is 2.37. The van der Waals surface area contributed by atoms with E-state index in [4.69, 9.17) is 4.74 Å². The minimum absolute atomic E-state index is 0.649. The lowest BCUT2D eigenvalue weighted by Gasteiger charge is -2.26. The summed E-state index contributed by atoms with van der Waals surface area (Å²) in [5.74, 6) is 0.649. The molecule has 1 N–H and O–H groups in total. The quantitative estimate of drug-likeness (QED) is 0.947. The summed E-state index contributed by atoms with van der Waals surface area (Å²) in [5.41, 5.74) is 0.209. The van der Waals surface area contributed by atoms with Crippen LogP contribution < -0.4 is 4.74 Å². The van der Waals surface area contributed by atoms with Crippen LogP contribution in [0.1, 0.15) is 18.2 Å². The van der Waals surface area contributed by atoms with Crippen LogP contribution in [0.3, 0.4) is 0 Å². The number of aryl methyl sites for hydroxylation is 1. The second-order valence-electron chi connectivity index (χ2n) is 4.24. The second-order valence-corrected chi connectivity index (χ2v) is 5.09. The van der Waals surface area contributed by atoms with Gasteiger partial charge in [0.05, 0.1) is 23.5 Å². The van der Waals surface area contributed by atoms with Crippen molar-refractivity contribution in [3.05, 3.63) is 46.2 Å². The maximum atomic E-state index is 10.8. The van der Waals surface area contributed by atoms with E-state index >= 15 is 0 Å². The number of ether oxygens (including phenoxy) is 1. The largest absolute Gasteiger partial charge is 0.496 e. The lowest BCUT2D eigenvalue weighted by Crippen LogP contribution is -2.27. The molecular weight excluding hydrogens is 296 g/mol. The third-order valence-corrected chi connectivity index (χ3v) is 3.57. The molecule has 0 aliphatic rings. The topological polar surface area (TPSA) is 47.3 Å². The predicted molar refractivity (Wildman–Crippen MR) is 72.6 cm³/mol. The van der Waals surface area contributed by atoms with Crippen LogP contribution in [-0.2, 0) is 12.6 Å². The molecule has 0 saturated carbocycles. The fraction of sp³-hybridized carbons (Fsp3) is 0.308. The van der Waals surface area contributed by atoms with Gasteiger partial charge in [0.25, 0.3) is 0 Å². The van der Waals surface area contributed by atoms with Crippen molar-refractivity contribution in [2.24, 2.45) is 7.05 Å². The first kappa shape index (κ1) is 13.1. The van der Waals surface area contributed by atoms with Gasteiger partial charge in [-0.05, 0) is 28.9 Å². The average Bonchev–Trinajstić information content (AvgIpc) is 2.69. The van der Waals surface area contributed by atoms with Crippen LogP contribution in [-0.4, -0.2) is 22.0 Å². The summed E-state index contributed by atoms with van der Waals surface area (Å²) < 4.78 is 7.72. The van der Waals surface area contributed by atoms with Gasteiger partial charge >= 0.3 is 0 Å². The zero-order valence-electron chi connectivity index (χ0n) is 10.5. The van der Waals surface area contributed by atoms with E-state index in [2.05, 4.69) is 21.0 Å². The van der Waals surface area contributed by atoms with E-state index in [0.717, 1.165) is 4.47 Å².